The van der Waals surface area contributed by atoms with Crippen LogP contribution in [0.1, 0.15) is 5.56 Å². The SMILES string of the molecule is COc1cccc2c1OCC(/C=C1\SC(=S)N(CCS(=O)(=O)O)C1=O)=C2. The maximum atomic E-state index is 12.4. The predicted octanol–water partition coefficient (Wildman–Crippen LogP) is 2.10. The highest BCUT2D eigenvalue weighted by atomic mass is 32.2. The van der Waals surface area contributed by atoms with Gasteiger partial charge in [0, 0.05) is 12.1 Å². The maximum Gasteiger partial charge on any atom is 0.266 e. The lowest BCUT2D eigenvalue weighted by Crippen LogP contribution is -2.32. The number of carbonyl (C=O) groups excluding carboxylic acids is 1. The number of hydrogen-bond donors (Lipinski definition) is 1. The first-order valence-electron chi connectivity index (χ1n) is 7.49. The minimum atomic E-state index is -4.17. The first-order valence-corrected chi connectivity index (χ1v) is 10.3. The maximum absolute atomic E-state index is 12.4. The molecule has 7 nitrogen and oxygen atoms in total. The lowest BCUT2D eigenvalue weighted by molar-refractivity contribution is -0.122. The van der Waals surface area contributed by atoms with E-state index in [0.717, 1.165) is 22.9 Å². The summed E-state index contributed by atoms with van der Waals surface area (Å²) in [6.07, 6.45) is 3.57. The highest BCUT2D eigenvalue weighted by Crippen LogP contribution is 2.37. The Morgan fingerprint density at radius 2 is 2.23 bits per heavy atom. The summed E-state index contributed by atoms with van der Waals surface area (Å²) >= 11 is 6.22. The monoisotopic (exact) mass is 413 g/mol. The second-order valence-corrected chi connectivity index (χ2v) is 8.75. The molecule has 1 N–H and O–H groups in total. The van der Waals surface area contributed by atoms with Crippen molar-refractivity contribution in [1.29, 1.82) is 0 Å². The van der Waals surface area contributed by atoms with E-state index in [4.69, 9.17) is 26.2 Å². The van der Waals surface area contributed by atoms with Crippen LogP contribution < -0.4 is 9.47 Å². The van der Waals surface area contributed by atoms with Gasteiger partial charge in [-0.15, -0.1) is 0 Å². The fourth-order valence-corrected chi connectivity index (χ4v) is 4.25. The Hall–Kier alpha value is -1.88. The quantitative estimate of drug-likeness (QED) is 0.446. The summed E-state index contributed by atoms with van der Waals surface area (Å²) in [7, 11) is -2.60. The van der Waals surface area contributed by atoms with E-state index in [-0.39, 0.29) is 23.4 Å². The fourth-order valence-electron chi connectivity index (χ4n) is 2.51. The predicted molar refractivity (Wildman–Crippen MR) is 103 cm³/mol. The van der Waals surface area contributed by atoms with Crippen LogP contribution in [0.3, 0.4) is 0 Å². The van der Waals surface area contributed by atoms with E-state index in [1.54, 1.807) is 19.3 Å². The zero-order chi connectivity index (χ0) is 18.9. The van der Waals surface area contributed by atoms with Gasteiger partial charge in [0.1, 0.15) is 10.9 Å². The number of ether oxygens (including phenoxy) is 2. The van der Waals surface area contributed by atoms with Crippen molar-refractivity contribution >= 4 is 50.4 Å². The van der Waals surface area contributed by atoms with Gasteiger partial charge in [-0.1, -0.05) is 36.1 Å². The van der Waals surface area contributed by atoms with Crippen molar-refractivity contribution in [2.45, 2.75) is 0 Å². The Labute approximate surface area is 160 Å². The molecule has 1 saturated heterocycles. The van der Waals surface area contributed by atoms with Gasteiger partial charge in [0.2, 0.25) is 0 Å². The van der Waals surface area contributed by atoms with E-state index in [1.807, 2.05) is 18.2 Å². The molecule has 0 saturated carbocycles. The highest BCUT2D eigenvalue weighted by molar-refractivity contribution is 8.26. The minimum absolute atomic E-state index is 0.184. The van der Waals surface area contributed by atoms with Crippen LogP contribution in [0.4, 0.5) is 0 Å². The van der Waals surface area contributed by atoms with Crippen LogP contribution in [0.25, 0.3) is 6.08 Å². The molecule has 1 fully saturated rings. The third kappa shape index (κ3) is 4.09. The Bertz CT molecular complexity index is 935. The standard InChI is InChI=1S/C16H15NO6S3/c1-22-12-4-2-3-11-7-10(9-23-14(11)12)8-13-15(18)17(16(24)25-13)5-6-26(19,20)21/h2-4,7-8H,5-6,9H2,1H3,(H,19,20,21)/b13-8-. The summed E-state index contributed by atoms with van der Waals surface area (Å²) in [4.78, 5) is 14.0. The van der Waals surface area contributed by atoms with Gasteiger partial charge in [0.25, 0.3) is 16.0 Å². The van der Waals surface area contributed by atoms with E-state index in [9.17, 15) is 13.2 Å². The second-order valence-electron chi connectivity index (χ2n) is 5.51. The summed E-state index contributed by atoms with van der Waals surface area (Å²) in [5.41, 5.74) is 1.62. The van der Waals surface area contributed by atoms with Crippen molar-refractivity contribution < 1.29 is 27.2 Å². The van der Waals surface area contributed by atoms with Crippen molar-refractivity contribution in [3.63, 3.8) is 0 Å². The van der Waals surface area contributed by atoms with Gasteiger partial charge in [-0.05, 0) is 23.8 Å². The van der Waals surface area contributed by atoms with Gasteiger partial charge in [-0.3, -0.25) is 14.2 Å². The van der Waals surface area contributed by atoms with Crippen LogP contribution in [0.5, 0.6) is 11.5 Å². The molecule has 0 atom stereocenters. The second kappa shape index (κ2) is 7.39. The summed E-state index contributed by atoms with van der Waals surface area (Å²) in [6, 6.07) is 5.52. The third-order valence-electron chi connectivity index (χ3n) is 3.72. The molecule has 2 aliphatic heterocycles. The number of amides is 1. The number of nitrogens with zero attached hydrogens (tertiary/aromatic N) is 1. The van der Waals surface area contributed by atoms with Crippen molar-refractivity contribution in [1.82, 2.24) is 4.90 Å². The molecule has 138 valence electrons. The van der Waals surface area contributed by atoms with Crippen LogP contribution in [0.2, 0.25) is 0 Å². The van der Waals surface area contributed by atoms with E-state index in [1.165, 1.54) is 4.90 Å². The molecule has 3 rings (SSSR count). The number of thiocarbonyl (C=S) groups is 1. The Morgan fingerprint density at radius 1 is 1.46 bits per heavy atom. The smallest absolute Gasteiger partial charge is 0.266 e. The molecule has 0 aromatic heterocycles. The number of thioether (sulfide) groups is 1. The molecule has 0 spiro atoms. The summed E-state index contributed by atoms with van der Waals surface area (Å²) in [6.45, 7) is 0.0823. The van der Waals surface area contributed by atoms with Crippen molar-refractivity contribution in [2.75, 3.05) is 26.0 Å². The van der Waals surface area contributed by atoms with Gasteiger partial charge in [0.05, 0.1) is 17.8 Å². The Morgan fingerprint density at radius 3 is 2.92 bits per heavy atom. The number of para-hydroxylation sites is 1. The van der Waals surface area contributed by atoms with E-state index < -0.39 is 15.9 Å². The topological polar surface area (TPSA) is 93.1 Å². The molecule has 10 heteroatoms. The molecule has 0 radical (unpaired) electrons. The number of methoxy groups -OCH3 is 1. The van der Waals surface area contributed by atoms with Crippen LogP contribution in [-0.2, 0) is 14.9 Å². The summed E-state index contributed by atoms with van der Waals surface area (Å²) in [5.74, 6) is 0.328. The zero-order valence-corrected chi connectivity index (χ0v) is 16.1. The van der Waals surface area contributed by atoms with E-state index in [2.05, 4.69) is 0 Å². The average molecular weight is 413 g/mol. The third-order valence-corrected chi connectivity index (χ3v) is 5.79. The molecule has 2 heterocycles. The molecule has 1 aromatic rings. The zero-order valence-electron chi connectivity index (χ0n) is 13.7. The van der Waals surface area contributed by atoms with Crippen molar-refractivity contribution in [2.24, 2.45) is 0 Å². The number of rotatable bonds is 5. The van der Waals surface area contributed by atoms with E-state index in [0.29, 0.717) is 16.4 Å². The van der Waals surface area contributed by atoms with Crippen LogP contribution in [-0.4, -0.2) is 54.1 Å². The lowest BCUT2D eigenvalue weighted by Gasteiger charge is -2.18. The number of benzene rings is 1. The van der Waals surface area contributed by atoms with Gasteiger partial charge < -0.3 is 9.47 Å². The first-order chi connectivity index (χ1) is 12.3. The van der Waals surface area contributed by atoms with Gasteiger partial charge in [0.15, 0.2) is 11.5 Å². The average Bonchev–Trinajstić information content (AvgIpc) is 2.85. The van der Waals surface area contributed by atoms with Crippen molar-refractivity contribution in [3.05, 3.63) is 40.3 Å². The Balaban J connectivity index is 1.81. The van der Waals surface area contributed by atoms with Gasteiger partial charge in [-0.25, -0.2) is 0 Å². The normalized spacial score (nSPS) is 18.6. The molecule has 26 heavy (non-hydrogen) atoms. The van der Waals surface area contributed by atoms with Gasteiger partial charge in [-0.2, -0.15) is 8.42 Å². The molecule has 0 bridgehead atoms. The minimum Gasteiger partial charge on any atom is -0.493 e. The molecule has 0 aliphatic carbocycles. The first kappa shape index (κ1) is 18.9. The van der Waals surface area contributed by atoms with E-state index >= 15 is 0 Å². The summed E-state index contributed by atoms with van der Waals surface area (Å²) in [5, 5.41) is 0. The van der Waals surface area contributed by atoms with Crippen LogP contribution in [0, 0.1) is 0 Å². The number of fused-ring (bicyclic) bond motifs is 1. The molecular formula is C16H15NO6S3. The molecule has 0 unspecified atom stereocenters. The lowest BCUT2D eigenvalue weighted by atomic mass is 10.1. The number of carbonyl (C=O) groups is 1. The fraction of sp³-hybridized carbons (Fsp3) is 0.250. The highest BCUT2D eigenvalue weighted by Gasteiger charge is 2.33. The molecule has 2 aliphatic rings. The summed E-state index contributed by atoms with van der Waals surface area (Å²) < 4.78 is 41.9. The van der Waals surface area contributed by atoms with Crippen LogP contribution in [0.15, 0.2) is 34.8 Å². The van der Waals surface area contributed by atoms with Crippen molar-refractivity contribution in [3.8, 4) is 11.5 Å². The molecular weight excluding hydrogens is 398 g/mol. The number of hydrogen-bond acceptors (Lipinski definition) is 7. The van der Waals surface area contributed by atoms with Gasteiger partial charge >= 0.3 is 0 Å². The molecule has 1 amide bonds. The largest absolute Gasteiger partial charge is 0.493 e. The Kier molecular flexibility index (Phi) is 5.37. The van der Waals surface area contributed by atoms with Crippen LogP contribution >= 0.6 is 24.0 Å². The molecule has 1 aromatic carbocycles.